The highest BCUT2D eigenvalue weighted by Gasteiger charge is 2.30. The molecule has 22 heavy (non-hydrogen) atoms. The van der Waals surface area contributed by atoms with Crippen LogP contribution >= 0.6 is 0 Å². The summed E-state index contributed by atoms with van der Waals surface area (Å²) in [4.78, 5) is 2.55. The Morgan fingerprint density at radius 3 is 2.77 bits per heavy atom. The van der Waals surface area contributed by atoms with Crippen LogP contribution in [0.25, 0.3) is 6.08 Å². The molecule has 1 aliphatic carbocycles. The first-order valence-electron chi connectivity index (χ1n) is 8.40. The number of nitrogens with zero attached hydrogens (tertiary/aromatic N) is 2. The molecule has 0 spiro atoms. The predicted molar refractivity (Wildman–Crippen MR) is 89.9 cm³/mol. The molecule has 3 heteroatoms. The average Bonchev–Trinajstić information content (AvgIpc) is 3.35. The maximum atomic E-state index is 4.57. The van der Waals surface area contributed by atoms with Crippen molar-refractivity contribution in [3.63, 3.8) is 0 Å². The molecule has 0 unspecified atom stereocenters. The summed E-state index contributed by atoms with van der Waals surface area (Å²) in [6.45, 7) is 3.30. The van der Waals surface area contributed by atoms with Crippen LogP contribution in [0.3, 0.4) is 0 Å². The van der Waals surface area contributed by atoms with E-state index in [1.165, 1.54) is 35.4 Å². The lowest BCUT2D eigenvalue weighted by atomic mass is 10.1. The molecule has 2 heterocycles. The normalized spacial score (nSPS) is 19.3. The zero-order chi connectivity index (χ0) is 14.8. The van der Waals surface area contributed by atoms with Crippen LogP contribution in [0, 0.1) is 0 Å². The molecule has 0 radical (unpaired) electrons. The van der Waals surface area contributed by atoms with Gasteiger partial charge >= 0.3 is 0 Å². The number of benzene rings is 1. The maximum absolute atomic E-state index is 4.57. The Labute approximate surface area is 132 Å². The van der Waals surface area contributed by atoms with Crippen LogP contribution in [0.2, 0.25) is 0 Å². The van der Waals surface area contributed by atoms with Crippen molar-refractivity contribution in [2.75, 3.05) is 19.6 Å². The van der Waals surface area contributed by atoms with E-state index in [9.17, 15) is 0 Å². The Balaban J connectivity index is 1.37. The predicted octanol–water partition coefficient (Wildman–Crippen LogP) is 3.40. The molecule has 1 aromatic heterocycles. The molecular formula is C19H23N3. The van der Waals surface area contributed by atoms with E-state index in [0.29, 0.717) is 0 Å². The lowest BCUT2D eigenvalue weighted by Gasteiger charge is -2.17. The van der Waals surface area contributed by atoms with Gasteiger partial charge in [0.15, 0.2) is 0 Å². The van der Waals surface area contributed by atoms with Crippen LogP contribution in [-0.2, 0) is 12.8 Å². The molecule has 0 atom stereocenters. The van der Waals surface area contributed by atoms with E-state index in [1.54, 1.807) is 0 Å². The van der Waals surface area contributed by atoms with Crippen LogP contribution in [0.1, 0.15) is 41.3 Å². The molecule has 0 amide bonds. The van der Waals surface area contributed by atoms with Gasteiger partial charge in [-0.15, -0.1) is 0 Å². The molecule has 1 aliphatic heterocycles. The van der Waals surface area contributed by atoms with E-state index in [0.717, 1.165) is 38.4 Å². The van der Waals surface area contributed by atoms with E-state index in [-0.39, 0.29) is 0 Å². The fourth-order valence-corrected chi connectivity index (χ4v) is 3.33. The molecule has 4 rings (SSSR count). The molecule has 1 aromatic carbocycles. The highest BCUT2D eigenvalue weighted by molar-refractivity contribution is 5.48. The summed E-state index contributed by atoms with van der Waals surface area (Å²) in [6.07, 6.45) is 9.43. The first-order valence-corrected chi connectivity index (χ1v) is 8.40. The first-order chi connectivity index (χ1) is 10.9. The van der Waals surface area contributed by atoms with Gasteiger partial charge in [0.2, 0.25) is 0 Å². The second kappa shape index (κ2) is 6.09. The quantitative estimate of drug-likeness (QED) is 0.937. The van der Waals surface area contributed by atoms with Crippen LogP contribution < -0.4 is 0 Å². The van der Waals surface area contributed by atoms with E-state index in [2.05, 4.69) is 57.6 Å². The molecule has 1 saturated carbocycles. The Hall–Kier alpha value is -1.87. The van der Waals surface area contributed by atoms with E-state index >= 15 is 0 Å². The van der Waals surface area contributed by atoms with Gasteiger partial charge in [0, 0.05) is 37.7 Å². The Kier molecular flexibility index (Phi) is 3.81. The second-order valence-electron chi connectivity index (χ2n) is 6.45. The monoisotopic (exact) mass is 293 g/mol. The van der Waals surface area contributed by atoms with Crippen LogP contribution in [-0.4, -0.2) is 34.7 Å². The number of aromatic amines is 1. The van der Waals surface area contributed by atoms with Gasteiger partial charge in [-0.1, -0.05) is 42.5 Å². The minimum Gasteiger partial charge on any atom is -0.299 e. The number of fused-ring (bicyclic) bond motifs is 1. The zero-order valence-electron chi connectivity index (χ0n) is 13.0. The summed E-state index contributed by atoms with van der Waals surface area (Å²) in [6, 6.07) is 10.5. The van der Waals surface area contributed by atoms with Crippen LogP contribution in [0.15, 0.2) is 36.4 Å². The summed E-state index contributed by atoms with van der Waals surface area (Å²) in [5.74, 6) is 0.754. The average molecular weight is 293 g/mol. The van der Waals surface area contributed by atoms with Gasteiger partial charge in [-0.3, -0.25) is 10.00 Å². The molecule has 2 aliphatic rings. The van der Waals surface area contributed by atoms with Gasteiger partial charge in [0.1, 0.15) is 0 Å². The topological polar surface area (TPSA) is 31.9 Å². The molecule has 114 valence electrons. The minimum absolute atomic E-state index is 0.754. The van der Waals surface area contributed by atoms with Gasteiger partial charge in [-0.05, 0) is 30.4 Å². The SMILES string of the molecule is C(=Cc1ccccc1)CN1CCc2[nH]nc(C3CC3)c2CC1. The summed E-state index contributed by atoms with van der Waals surface area (Å²) >= 11 is 0. The summed E-state index contributed by atoms with van der Waals surface area (Å²) in [5, 5.41) is 7.87. The molecule has 2 aromatic rings. The highest BCUT2D eigenvalue weighted by Crippen LogP contribution is 2.41. The fourth-order valence-electron chi connectivity index (χ4n) is 3.33. The number of nitrogens with one attached hydrogen (secondary N) is 1. The fraction of sp³-hybridized carbons (Fsp3) is 0.421. The van der Waals surface area contributed by atoms with Crippen LogP contribution in [0.5, 0.6) is 0 Å². The summed E-state index contributed by atoms with van der Waals surface area (Å²) in [7, 11) is 0. The number of hydrogen-bond acceptors (Lipinski definition) is 2. The van der Waals surface area contributed by atoms with Crippen molar-refractivity contribution < 1.29 is 0 Å². The molecule has 3 nitrogen and oxygen atoms in total. The third-order valence-corrected chi connectivity index (χ3v) is 4.78. The standard InChI is InChI=1S/C19H23N3/c1-2-5-15(6-3-1)7-4-12-22-13-10-17-18(11-14-22)20-21-19(17)16-8-9-16/h1-7,16H,8-14H2,(H,20,21). The van der Waals surface area contributed by atoms with Gasteiger partial charge in [0.05, 0.1) is 5.69 Å². The van der Waals surface area contributed by atoms with Crippen molar-refractivity contribution in [1.82, 2.24) is 15.1 Å². The number of rotatable bonds is 4. The Bertz CT molecular complexity index is 653. The van der Waals surface area contributed by atoms with Gasteiger partial charge in [0.25, 0.3) is 0 Å². The Morgan fingerprint density at radius 1 is 1.14 bits per heavy atom. The van der Waals surface area contributed by atoms with Crippen molar-refractivity contribution in [2.24, 2.45) is 0 Å². The van der Waals surface area contributed by atoms with Crippen molar-refractivity contribution in [1.29, 1.82) is 0 Å². The molecule has 1 N–H and O–H groups in total. The van der Waals surface area contributed by atoms with Crippen molar-refractivity contribution in [3.05, 3.63) is 58.9 Å². The number of hydrogen-bond donors (Lipinski definition) is 1. The van der Waals surface area contributed by atoms with Crippen molar-refractivity contribution >= 4 is 6.08 Å². The first kappa shape index (κ1) is 13.8. The zero-order valence-corrected chi connectivity index (χ0v) is 13.0. The smallest absolute Gasteiger partial charge is 0.0688 e. The largest absolute Gasteiger partial charge is 0.299 e. The maximum Gasteiger partial charge on any atom is 0.0688 e. The lowest BCUT2D eigenvalue weighted by Crippen LogP contribution is -2.26. The highest BCUT2D eigenvalue weighted by atomic mass is 15.2. The molecular weight excluding hydrogens is 270 g/mol. The second-order valence-corrected chi connectivity index (χ2v) is 6.45. The third-order valence-electron chi connectivity index (χ3n) is 4.78. The van der Waals surface area contributed by atoms with Crippen molar-refractivity contribution in [3.8, 4) is 0 Å². The third kappa shape index (κ3) is 3.00. The minimum atomic E-state index is 0.754. The van der Waals surface area contributed by atoms with Crippen molar-refractivity contribution in [2.45, 2.75) is 31.6 Å². The molecule has 0 bridgehead atoms. The van der Waals surface area contributed by atoms with E-state index < -0.39 is 0 Å². The number of aromatic nitrogens is 2. The summed E-state index contributed by atoms with van der Waals surface area (Å²) in [5.41, 5.74) is 5.56. The van der Waals surface area contributed by atoms with Gasteiger partial charge in [-0.25, -0.2) is 0 Å². The molecule has 1 fully saturated rings. The van der Waals surface area contributed by atoms with Gasteiger partial charge in [-0.2, -0.15) is 5.10 Å². The van der Waals surface area contributed by atoms with Crippen LogP contribution in [0.4, 0.5) is 0 Å². The molecule has 0 saturated heterocycles. The van der Waals surface area contributed by atoms with E-state index in [1.807, 2.05) is 0 Å². The lowest BCUT2D eigenvalue weighted by molar-refractivity contribution is 0.317. The summed E-state index contributed by atoms with van der Waals surface area (Å²) < 4.78 is 0. The van der Waals surface area contributed by atoms with E-state index in [4.69, 9.17) is 0 Å². The Morgan fingerprint density at radius 2 is 1.95 bits per heavy atom. The number of H-pyrrole nitrogens is 1. The van der Waals surface area contributed by atoms with Gasteiger partial charge < -0.3 is 0 Å².